The van der Waals surface area contributed by atoms with Crippen molar-refractivity contribution in [1.82, 2.24) is 0 Å². The summed E-state index contributed by atoms with van der Waals surface area (Å²) in [4.78, 5) is 35.2. The Hall–Kier alpha value is -1.25. The first kappa shape index (κ1) is 49.8. The number of hydrogen-bond acceptors (Lipinski definition) is 7. The van der Waals surface area contributed by atoms with Gasteiger partial charge in [-0.05, 0) is 38.5 Å². The van der Waals surface area contributed by atoms with E-state index in [4.69, 9.17) is 18.5 Å². The third-order valence-electron chi connectivity index (χ3n) is 9.05. The molecule has 0 aliphatic carbocycles. The summed E-state index contributed by atoms with van der Waals surface area (Å²) in [5.41, 5.74) is 0. The average molecular weight is 747 g/mol. The molecule has 0 fully saturated rings. The van der Waals surface area contributed by atoms with Crippen molar-refractivity contribution in [1.29, 1.82) is 0 Å². The summed E-state index contributed by atoms with van der Waals surface area (Å²) in [6.07, 6.45) is 34.0. The van der Waals surface area contributed by atoms with Gasteiger partial charge >= 0.3 is 19.8 Å². The zero-order valence-electron chi connectivity index (χ0n) is 33.9. The molecule has 0 saturated carbocycles. The van der Waals surface area contributed by atoms with Gasteiger partial charge in [0.1, 0.15) is 19.8 Å². The number of unbranched alkanes of at least 4 members (excludes halogenated alkanes) is 22. The second-order valence-electron chi connectivity index (χ2n) is 15.4. The lowest BCUT2D eigenvalue weighted by atomic mass is 10.1. The van der Waals surface area contributed by atoms with Crippen LogP contribution in [-0.4, -0.2) is 74.9 Å². The van der Waals surface area contributed by atoms with Gasteiger partial charge in [0, 0.05) is 12.8 Å². The fourth-order valence-corrected chi connectivity index (χ4v) is 6.46. The molecule has 0 saturated heterocycles. The van der Waals surface area contributed by atoms with Gasteiger partial charge < -0.3 is 18.9 Å². The molecule has 0 aliphatic heterocycles. The fourth-order valence-electron chi connectivity index (χ4n) is 5.71. The van der Waals surface area contributed by atoms with Crippen molar-refractivity contribution in [3.8, 4) is 0 Å². The van der Waals surface area contributed by atoms with Gasteiger partial charge in [-0.2, -0.15) is 0 Å². The number of allylic oxidation sites excluding steroid dienone is 2. The predicted octanol–water partition coefficient (Wildman–Crippen LogP) is 11.4. The van der Waals surface area contributed by atoms with E-state index in [0.717, 1.165) is 32.1 Å². The van der Waals surface area contributed by atoms with Gasteiger partial charge in [0.25, 0.3) is 0 Å². The van der Waals surface area contributed by atoms with Crippen LogP contribution in [0.15, 0.2) is 12.2 Å². The molecule has 9 nitrogen and oxygen atoms in total. The highest BCUT2D eigenvalue weighted by atomic mass is 31.2. The summed E-state index contributed by atoms with van der Waals surface area (Å²) in [5, 5.41) is 0. The van der Waals surface area contributed by atoms with E-state index in [1.54, 1.807) is 0 Å². The SMILES string of the molecule is CCCCCC/C=C/CCCCCCCCCCCC(=O)OC[C@@H](COP(=O)(O)OCC[N+](C)(C)C)OC(=O)CCCCCCCCCCCC. The van der Waals surface area contributed by atoms with Crippen LogP contribution in [0.5, 0.6) is 0 Å². The molecular weight excluding hydrogens is 665 g/mol. The van der Waals surface area contributed by atoms with E-state index in [1.165, 1.54) is 122 Å². The molecule has 1 N–H and O–H groups in total. The van der Waals surface area contributed by atoms with E-state index in [2.05, 4.69) is 26.0 Å². The first-order valence-corrected chi connectivity index (χ1v) is 22.4. The van der Waals surface area contributed by atoms with Gasteiger partial charge in [0.2, 0.25) is 0 Å². The monoisotopic (exact) mass is 747 g/mol. The smallest absolute Gasteiger partial charge is 0.462 e. The number of nitrogens with zero attached hydrogens (tertiary/aromatic N) is 1. The Balaban J connectivity index is 4.31. The second kappa shape index (κ2) is 34.5. The molecule has 0 spiro atoms. The lowest BCUT2D eigenvalue weighted by molar-refractivity contribution is -0.870. The molecule has 0 aliphatic rings. The lowest BCUT2D eigenvalue weighted by Crippen LogP contribution is -2.37. The minimum absolute atomic E-state index is 0.0344. The second-order valence-corrected chi connectivity index (χ2v) is 16.8. The van der Waals surface area contributed by atoms with Crippen LogP contribution in [0.4, 0.5) is 0 Å². The van der Waals surface area contributed by atoms with Gasteiger partial charge in [0.05, 0.1) is 27.7 Å². The summed E-state index contributed by atoms with van der Waals surface area (Å²) >= 11 is 0. The highest BCUT2D eigenvalue weighted by Gasteiger charge is 2.27. The maximum atomic E-state index is 12.6. The molecule has 0 aromatic rings. The van der Waals surface area contributed by atoms with Crippen LogP contribution >= 0.6 is 7.82 Å². The highest BCUT2D eigenvalue weighted by Crippen LogP contribution is 2.43. The van der Waals surface area contributed by atoms with Crippen LogP contribution in [0.2, 0.25) is 0 Å². The summed E-state index contributed by atoms with van der Waals surface area (Å²) in [6.45, 7) is 4.40. The summed E-state index contributed by atoms with van der Waals surface area (Å²) in [7, 11) is 1.48. The van der Waals surface area contributed by atoms with Crippen molar-refractivity contribution in [3.05, 3.63) is 12.2 Å². The molecule has 0 heterocycles. The lowest BCUT2D eigenvalue weighted by Gasteiger charge is -2.24. The maximum absolute atomic E-state index is 12.6. The molecule has 302 valence electrons. The van der Waals surface area contributed by atoms with Gasteiger partial charge in [-0.3, -0.25) is 18.6 Å². The average Bonchev–Trinajstić information content (AvgIpc) is 3.07. The normalized spacial score (nSPS) is 13.8. The van der Waals surface area contributed by atoms with Crippen LogP contribution in [0.3, 0.4) is 0 Å². The third-order valence-corrected chi connectivity index (χ3v) is 10.0. The van der Waals surface area contributed by atoms with E-state index >= 15 is 0 Å². The van der Waals surface area contributed by atoms with E-state index in [-0.39, 0.29) is 25.6 Å². The minimum Gasteiger partial charge on any atom is -0.462 e. The molecule has 0 bridgehead atoms. The molecule has 0 radical (unpaired) electrons. The topological polar surface area (TPSA) is 108 Å². The number of hydrogen-bond donors (Lipinski definition) is 1. The molecule has 1 unspecified atom stereocenters. The van der Waals surface area contributed by atoms with Crippen LogP contribution < -0.4 is 0 Å². The largest absolute Gasteiger partial charge is 0.472 e. The predicted molar refractivity (Wildman–Crippen MR) is 211 cm³/mol. The molecule has 2 atom stereocenters. The van der Waals surface area contributed by atoms with Crippen molar-refractivity contribution >= 4 is 19.8 Å². The molecule has 0 amide bonds. The van der Waals surface area contributed by atoms with Crippen LogP contribution in [0.25, 0.3) is 0 Å². The number of carbonyl (C=O) groups is 2. The third kappa shape index (κ3) is 38.3. The van der Waals surface area contributed by atoms with E-state index < -0.39 is 26.5 Å². The zero-order chi connectivity index (χ0) is 37.9. The summed E-state index contributed by atoms with van der Waals surface area (Å²) in [5.74, 6) is -0.796. The molecule has 10 heteroatoms. The molecule has 0 aromatic carbocycles. The van der Waals surface area contributed by atoms with E-state index in [1.807, 2.05) is 21.1 Å². The van der Waals surface area contributed by atoms with Crippen molar-refractivity contribution in [2.45, 2.75) is 193 Å². The quantitative estimate of drug-likeness (QED) is 0.0219. The highest BCUT2D eigenvalue weighted by molar-refractivity contribution is 7.47. The number of ether oxygens (including phenoxy) is 2. The number of esters is 2. The van der Waals surface area contributed by atoms with Crippen LogP contribution in [0.1, 0.15) is 187 Å². The summed E-state index contributed by atoms with van der Waals surface area (Å²) < 4.78 is 34.2. The van der Waals surface area contributed by atoms with Gasteiger partial charge in [0.15, 0.2) is 6.10 Å². The number of phosphoric ester groups is 1. The molecule has 51 heavy (non-hydrogen) atoms. The Morgan fingerprint density at radius 3 is 1.47 bits per heavy atom. The first-order valence-electron chi connectivity index (χ1n) is 20.9. The maximum Gasteiger partial charge on any atom is 0.472 e. The molecular formula is C41H81NO8P+. The van der Waals surface area contributed by atoms with Crippen molar-refractivity contribution in [2.24, 2.45) is 0 Å². The summed E-state index contributed by atoms with van der Waals surface area (Å²) in [6, 6.07) is 0. The van der Waals surface area contributed by atoms with Crippen molar-refractivity contribution in [3.63, 3.8) is 0 Å². The number of likely N-dealkylation sites (N-methyl/N-ethyl adjacent to an activating group) is 1. The zero-order valence-corrected chi connectivity index (χ0v) is 34.7. The van der Waals surface area contributed by atoms with Crippen LogP contribution in [0, 0.1) is 0 Å². The molecule has 0 rings (SSSR count). The number of rotatable bonds is 38. The van der Waals surface area contributed by atoms with Gasteiger partial charge in [-0.25, -0.2) is 4.57 Å². The fraction of sp³-hybridized carbons (Fsp3) is 0.902. The standard InChI is InChI=1S/C41H80NO8P/c1-6-8-10-12-14-16-18-19-20-21-22-23-24-26-27-29-31-33-40(43)47-37-39(38-49-51(45,46)48-36-35-42(3,4)5)50-41(44)34-32-30-28-25-17-15-13-11-9-7-2/h16,18,39H,6-15,17,19-38H2,1-5H3/p+1/b18-16+/t39-/m0/s1. The van der Waals surface area contributed by atoms with Crippen LogP contribution in [-0.2, 0) is 32.7 Å². The van der Waals surface area contributed by atoms with E-state index in [0.29, 0.717) is 23.9 Å². The Bertz CT molecular complexity index is 891. The minimum atomic E-state index is -4.36. The van der Waals surface area contributed by atoms with E-state index in [9.17, 15) is 19.0 Å². The Morgan fingerprint density at radius 2 is 1.00 bits per heavy atom. The first-order chi connectivity index (χ1) is 24.5. The van der Waals surface area contributed by atoms with Crippen molar-refractivity contribution < 1.29 is 42.1 Å². The van der Waals surface area contributed by atoms with Crippen molar-refractivity contribution in [2.75, 3.05) is 47.5 Å². The number of quaternary nitrogens is 1. The van der Waals surface area contributed by atoms with Gasteiger partial charge in [-0.15, -0.1) is 0 Å². The Labute approximate surface area is 314 Å². The number of phosphoric acid groups is 1. The van der Waals surface area contributed by atoms with Gasteiger partial charge in [-0.1, -0.05) is 148 Å². The molecule has 0 aromatic heterocycles. The Morgan fingerprint density at radius 1 is 0.588 bits per heavy atom. The Kier molecular flexibility index (Phi) is 33.7. The number of carbonyl (C=O) groups excluding carboxylic acids is 2.